The van der Waals surface area contributed by atoms with Gasteiger partial charge in [0, 0.05) is 6.42 Å². The molecule has 2 saturated heterocycles. The summed E-state index contributed by atoms with van der Waals surface area (Å²) in [5.74, 6) is -1.15. The molecule has 1 amide bonds. The number of amides is 1. The average molecular weight is 851 g/mol. The van der Waals surface area contributed by atoms with Crippen molar-refractivity contribution in [3.8, 4) is 0 Å². The third kappa shape index (κ3) is 8.63. The van der Waals surface area contributed by atoms with E-state index in [4.69, 9.17) is 20.9 Å². The molecule has 0 radical (unpaired) electrons. The summed E-state index contributed by atoms with van der Waals surface area (Å²) in [5.41, 5.74) is 10.7. The molecule has 0 spiro atoms. The summed E-state index contributed by atoms with van der Waals surface area (Å²) in [6, 6.07) is 0. The molecule has 11 atom stereocenters. The molecular weight excluding hydrogens is 822 g/mol. The van der Waals surface area contributed by atoms with Gasteiger partial charge in [-0.25, -0.2) is 33.2 Å². The van der Waals surface area contributed by atoms with Gasteiger partial charge in [-0.15, -0.1) is 0 Å². The van der Waals surface area contributed by atoms with Crippen molar-refractivity contribution in [2.45, 2.75) is 55.8 Å². The molecule has 6 heterocycles. The number of nitrogens with zero attached hydrogens (tertiary/aromatic N) is 6. The Bertz CT molecular complexity index is 2210. The van der Waals surface area contributed by atoms with E-state index >= 15 is 0 Å². The highest BCUT2D eigenvalue weighted by Gasteiger charge is 2.50. The van der Waals surface area contributed by atoms with Crippen LogP contribution in [0.5, 0.6) is 0 Å². The van der Waals surface area contributed by atoms with Crippen LogP contribution in [0.1, 0.15) is 18.2 Å². The number of carbonyl (C=O) groups excluding carboxylic acids is 1. The van der Waals surface area contributed by atoms with Crippen LogP contribution in [0, 0.1) is 0 Å². The van der Waals surface area contributed by atoms with Crippen molar-refractivity contribution in [1.82, 2.24) is 29.5 Å². The number of hydrogen-bond donors (Lipinski definition) is 10. The van der Waals surface area contributed by atoms with E-state index in [1.165, 1.54) is 0 Å². The summed E-state index contributed by atoms with van der Waals surface area (Å²) in [7, 11) is -23.9. The summed E-state index contributed by atoms with van der Waals surface area (Å²) >= 11 is 0. The van der Waals surface area contributed by atoms with Gasteiger partial charge in [-0.3, -0.25) is 33.1 Å². The quantitative estimate of drug-likeness (QED) is 0.0734. The Morgan fingerprint density at radius 3 is 2.11 bits per heavy atom. The molecular formula is C21H29N9O20P4. The lowest BCUT2D eigenvalue weighted by Crippen LogP contribution is -2.38. The standard InChI is InChI=1S/C21H29N9O20P4/c22-16-13-18(25-5-24-16)29(6-26-13)20-15(34)14(33)10(47-20)4-45-52(38,39)49-54(42,43)50-53(40,41)48-51(36,37)44-3-9-8(31)2-12(46-9)30-11(32)1-7-17(30)27-21(23)28-19(7)35/h5-6,8-10,12,14-15,20,31,33-34H,1-4H2,(H,36,37)(H,38,39)(H,40,41)(H,42,43)(H2,22,24,25)(H3,23,27,28,35)/t8-,9?,10-,12?,14?,15+,20-/m1/s1. The van der Waals surface area contributed by atoms with Gasteiger partial charge in [0.05, 0.1) is 37.6 Å². The first-order valence-corrected chi connectivity index (χ1v) is 20.8. The number of aliphatic hydroxyl groups excluding tert-OH is 3. The molecule has 6 rings (SSSR count). The first-order chi connectivity index (χ1) is 25.1. The van der Waals surface area contributed by atoms with Crippen LogP contribution in [0.4, 0.5) is 17.6 Å². The summed E-state index contributed by atoms with van der Waals surface area (Å²) in [4.78, 5) is 83.1. The number of phosphoric acid groups is 4. The van der Waals surface area contributed by atoms with Crippen molar-refractivity contribution in [2.75, 3.05) is 29.6 Å². The van der Waals surface area contributed by atoms with Crippen LogP contribution in [0.15, 0.2) is 17.4 Å². The van der Waals surface area contributed by atoms with Crippen molar-refractivity contribution < 1.29 is 89.4 Å². The zero-order valence-electron chi connectivity index (χ0n) is 26.6. The summed E-state index contributed by atoms with van der Waals surface area (Å²) in [5, 5.41) is 31.3. The maximum Gasteiger partial charge on any atom is 0.490 e. The lowest BCUT2D eigenvalue weighted by Gasteiger charge is -2.24. The Morgan fingerprint density at radius 2 is 1.46 bits per heavy atom. The summed E-state index contributed by atoms with van der Waals surface area (Å²) < 4.78 is 82.3. The third-order valence-electron chi connectivity index (χ3n) is 7.75. The van der Waals surface area contributed by atoms with Gasteiger partial charge in [0.1, 0.15) is 42.5 Å². The molecule has 0 bridgehead atoms. The fourth-order valence-corrected chi connectivity index (χ4v) is 10.4. The summed E-state index contributed by atoms with van der Waals surface area (Å²) in [6.07, 6.45) is -9.32. The van der Waals surface area contributed by atoms with E-state index in [-0.39, 0.29) is 47.2 Å². The Labute approximate surface area is 298 Å². The van der Waals surface area contributed by atoms with E-state index in [0.29, 0.717) is 0 Å². The van der Waals surface area contributed by atoms with Gasteiger partial charge in [0.15, 0.2) is 23.5 Å². The van der Waals surface area contributed by atoms with E-state index < -0.39 is 98.9 Å². The number of rotatable bonds is 14. The van der Waals surface area contributed by atoms with Crippen molar-refractivity contribution in [2.24, 2.45) is 0 Å². The van der Waals surface area contributed by atoms with Gasteiger partial charge in [0.25, 0.3) is 5.56 Å². The molecule has 3 aromatic heterocycles. The predicted molar refractivity (Wildman–Crippen MR) is 170 cm³/mol. The molecule has 0 aliphatic carbocycles. The number of fused-ring (bicyclic) bond motifs is 2. The Kier molecular flexibility index (Phi) is 11.1. The average Bonchev–Trinajstić information content (AvgIpc) is 3.78. The van der Waals surface area contributed by atoms with E-state index in [0.717, 1.165) is 22.1 Å². The van der Waals surface area contributed by atoms with Gasteiger partial charge in [-0.05, 0) is 0 Å². The maximum absolute atomic E-state index is 12.6. The molecule has 0 aromatic carbocycles. The highest BCUT2D eigenvalue weighted by atomic mass is 31.3. The molecule has 0 saturated carbocycles. The number of ether oxygens (including phenoxy) is 2. The number of aromatic nitrogens is 6. The second-order valence-electron chi connectivity index (χ2n) is 11.5. The van der Waals surface area contributed by atoms with E-state index in [9.17, 15) is 62.7 Å². The molecule has 7 unspecified atom stereocenters. The number of hydrogen-bond acceptors (Lipinski definition) is 22. The monoisotopic (exact) mass is 851 g/mol. The lowest BCUT2D eigenvalue weighted by atomic mass is 10.1. The number of aromatic amines is 1. The number of imidazole rings is 1. The van der Waals surface area contributed by atoms with E-state index in [2.05, 4.69) is 46.9 Å². The second kappa shape index (κ2) is 14.7. The molecule has 2 fully saturated rings. The number of nitrogens with one attached hydrogen (secondary N) is 1. The predicted octanol–water partition coefficient (Wildman–Crippen LogP) is -2.76. The van der Waals surface area contributed by atoms with Crippen molar-refractivity contribution in [3.05, 3.63) is 28.6 Å². The second-order valence-corrected chi connectivity index (χ2v) is 17.7. The number of nitrogen functional groups attached to an aromatic ring is 2. The van der Waals surface area contributed by atoms with Gasteiger partial charge >= 0.3 is 31.3 Å². The Hall–Kier alpha value is -3.14. The molecule has 298 valence electrons. The van der Waals surface area contributed by atoms with Crippen LogP contribution in [0.3, 0.4) is 0 Å². The minimum Gasteiger partial charge on any atom is -0.390 e. The zero-order chi connectivity index (χ0) is 39.5. The molecule has 3 aliphatic heterocycles. The number of aliphatic hydroxyl groups is 3. The molecule has 3 aromatic rings. The smallest absolute Gasteiger partial charge is 0.390 e. The lowest BCUT2D eigenvalue weighted by molar-refractivity contribution is -0.120. The van der Waals surface area contributed by atoms with Crippen LogP contribution in [-0.2, 0) is 60.9 Å². The van der Waals surface area contributed by atoms with Crippen LogP contribution >= 0.6 is 31.3 Å². The zero-order valence-corrected chi connectivity index (χ0v) is 30.2. The fourth-order valence-electron chi connectivity index (χ4n) is 5.49. The van der Waals surface area contributed by atoms with Crippen LogP contribution in [0.25, 0.3) is 11.2 Å². The van der Waals surface area contributed by atoms with Crippen LogP contribution < -0.4 is 21.9 Å². The molecule has 54 heavy (non-hydrogen) atoms. The number of anilines is 3. The normalized spacial score (nSPS) is 30.2. The Morgan fingerprint density at radius 1 is 0.852 bits per heavy atom. The van der Waals surface area contributed by atoms with Crippen molar-refractivity contribution in [3.63, 3.8) is 0 Å². The maximum atomic E-state index is 12.6. The first-order valence-electron chi connectivity index (χ1n) is 14.8. The number of nitrogens with two attached hydrogens (primary N) is 2. The molecule has 3 aliphatic rings. The number of carbonyl (C=O) groups is 1. The van der Waals surface area contributed by atoms with Crippen LogP contribution in [-0.4, -0.2) is 120 Å². The SMILES string of the molecule is Nc1nc2c(c(=O)[nH]1)CC(=O)N2C1C[C@@H](O)C(COP(=O)(O)OP(=O)(O)OP(=O)(O)OP(=O)(O)OC[C@H]2O[C@@H](n3cnc4c(N)ncnc43)[C@@H](O)C2O)O1. The minimum absolute atomic E-state index is 0.0183. The van der Waals surface area contributed by atoms with Crippen molar-refractivity contribution in [1.29, 1.82) is 0 Å². The topological polar surface area (TPSA) is 436 Å². The molecule has 12 N–H and O–H groups in total. The summed E-state index contributed by atoms with van der Waals surface area (Å²) in [6.45, 7) is -2.18. The van der Waals surface area contributed by atoms with Gasteiger partial charge < -0.3 is 55.8 Å². The van der Waals surface area contributed by atoms with Gasteiger partial charge in [0.2, 0.25) is 11.9 Å². The van der Waals surface area contributed by atoms with Crippen molar-refractivity contribution >= 4 is 65.9 Å². The fraction of sp³-hybridized carbons (Fsp3) is 0.524. The minimum atomic E-state index is -6.20. The third-order valence-corrected chi connectivity index (χ3v) is 13.7. The Balaban J connectivity index is 1.00. The van der Waals surface area contributed by atoms with Gasteiger partial charge in [-0.2, -0.15) is 17.9 Å². The highest BCUT2D eigenvalue weighted by molar-refractivity contribution is 7.69. The van der Waals surface area contributed by atoms with E-state index in [1.807, 2.05) is 0 Å². The number of phosphoric ester groups is 2. The highest BCUT2D eigenvalue weighted by Crippen LogP contribution is 2.71. The van der Waals surface area contributed by atoms with Crippen LogP contribution in [0.2, 0.25) is 0 Å². The largest absolute Gasteiger partial charge is 0.490 e. The first kappa shape index (κ1) is 40.5. The molecule has 29 nitrogen and oxygen atoms in total. The van der Waals surface area contributed by atoms with Gasteiger partial charge in [-0.1, -0.05) is 0 Å². The molecule has 33 heteroatoms. The van der Waals surface area contributed by atoms with E-state index in [1.54, 1.807) is 0 Å². The number of H-pyrrole nitrogens is 1.